The van der Waals surface area contributed by atoms with E-state index in [4.69, 9.17) is 5.26 Å². The summed E-state index contributed by atoms with van der Waals surface area (Å²) in [6, 6.07) is 9.73. The summed E-state index contributed by atoms with van der Waals surface area (Å²) in [6.45, 7) is 7.61. The maximum Gasteiger partial charge on any atom is 0.0991 e. The molecular weight excluding hydrogens is 266 g/mol. The zero-order chi connectivity index (χ0) is 14.4. The number of nitriles is 1. The van der Waals surface area contributed by atoms with E-state index in [1.807, 2.05) is 24.3 Å². The number of benzene rings is 1. The fourth-order valence-corrected chi connectivity index (χ4v) is 2.86. The van der Waals surface area contributed by atoms with Crippen molar-refractivity contribution in [2.24, 2.45) is 0 Å². The van der Waals surface area contributed by atoms with Crippen LogP contribution in [0.2, 0.25) is 0 Å². The minimum Gasteiger partial charge on any atom is -0.303 e. The van der Waals surface area contributed by atoms with Crippen LogP contribution in [0.5, 0.6) is 0 Å². The number of likely N-dealkylation sites (N-methyl/N-ethyl adjacent to an activating group) is 1. The second-order valence-electron chi connectivity index (χ2n) is 4.59. The van der Waals surface area contributed by atoms with Gasteiger partial charge in [-0.05, 0) is 25.2 Å². The van der Waals surface area contributed by atoms with E-state index in [1.165, 1.54) is 5.01 Å². The molecule has 1 heterocycles. The Hall–Kier alpha value is -1.70. The van der Waals surface area contributed by atoms with E-state index in [0.717, 1.165) is 37.3 Å². The molecule has 0 radical (unpaired) electrons. The molecule has 0 aliphatic heterocycles. The lowest BCUT2D eigenvalue weighted by Gasteiger charge is -2.16. The molecule has 3 nitrogen and oxygen atoms in total. The highest BCUT2D eigenvalue weighted by atomic mass is 32.1. The summed E-state index contributed by atoms with van der Waals surface area (Å²) in [6.07, 6.45) is 1.00. The van der Waals surface area contributed by atoms with Crippen LogP contribution >= 0.6 is 11.3 Å². The van der Waals surface area contributed by atoms with Crippen molar-refractivity contribution in [3.8, 4) is 17.3 Å². The topological polar surface area (TPSA) is 39.9 Å². The van der Waals surface area contributed by atoms with Crippen molar-refractivity contribution in [3.63, 3.8) is 0 Å². The molecule has 1 aromatic heterocycles. The monoisotopic (exact) mass is 285 g/mol. The molecular formula is C16H19N3S. The van der Waals surface area contributed by atoms with Gasteiger partial charge in [0.1, 0.15) is 0 Å². The zero-order valence-corrected chi connectivity index (χ0v) is 12.8. The van der Waals surface area contributed by atoms with Crippen molar-refractivity contribution in [3.05, 3.63) is 40.2 Å². The number of rotatable bonds is 6. The van der Waals surface area contributed by atoms with E-state index in [9.17, 15) is 0 Å². The van der Waals surface area contributed by atoms with Gasteiger partial charge in [0.05, 0.1) is 22.3 Å². The highest BCUT2D eigenvalue weighted by molar-refractivity contribution is 7.09. The van der Waals surface area contributed by atoms with E-state index < -0.39 is 0 Å². The fourth-order valence-electron chi connectivity index (χ4n) is 2.07. The molecule has 0 fully saturated rings. The summed E-state index contributed by atoms with van der Waals surface area (Å²) >= 11 is 1.71. The molecule has 2 aromatic rings. The Morgan fingerprint density at radius 1 is 1.20 bits per heavy atom. The normalized spacial score (nSPS) is 10.7. The number of hydrogen-bond donors (Lipinski definition) is 0. The van der Waals surface area contributed by atoms with E-state index in [2.05, 4.69) is 35.2 Å². The van der Waals surface area contributed by atoms with E-state index in [1.54, 1.807) is 11.3 Å². The number of aromatic nitrogens is 1. The Morgan fingerprint density at radius 3 is 2.50 bits per heavy atom. The predicted octanol–water partition coefficient (Wildman–Crippen LogP) is 3.57. The van der Waals surface area contributed by atoms with Crippen LogP contribution in [0.15, 0.2) is 29.6 Å². The van der Waals surface area contributed by atoms with Gasteiger partial charge in [0.25, 0.3) is 0 Å². The Bertz CT molecular complexity index is 577. The maximum absolute atomic E-state index is 8.80. The summed E-state index contributed by atoms with van der Waals surface area (Å²) in [5.74, 6) is 0. The molecule has 0 aliphatic carbocycles. The molecule has 0 bridgehead atoms. The van der Waals surface area contributed by atoms with Gasteiger partial charge >= 0.3 is 0 Å². The van der Waals surface area contributed by atoms with Crippen LogP contribution in [-0.2, 0) is 6.42 Å². The molecule has 1 aromatic carbocycles. The number of nitrogens with zero attached hydrogens (tertiary/aromatic N) is 3. The summed E-state index contributed by atoms with van der Waals surface area (Å²) in [5, 5.41) is 12.1. The van der Waals surface area contributed by atoms with Crippen LogP contribution in [0.1, 0.15) is 24.4 Å². The first-order valence-corrected chi connectivity index (χ1v) is 7.82. The van der Waals surface area contributed by atoms with E-state index in [0.29, 0.717) is 5.56 Å². The summed E-state index contributed by atoms with van der Waals surface area (Å²) in [7, 11) is 0. The Kier molecular flexibility index (Phi) is 5.28. The van der Waals surface area contributed by atoms with Crippen LogP contribution in [0.4, 0.5) is 0 Å². The van der Waals surface area contributed by atoms with Gasteiger partial charge in [-0.2, -0.15) is 5.26 Å². The zero-order valence-electron chi connectivity index (χ0n) is 12.0. The van der Waals surface area contributed by atoms with Gasteiger partial charge in [0, 0.05) is 23.9 Å². The van der Waals surface area contributed by atoms with Gasteiger partial charge < -0.3 is 4.90 Å². The van der Waals surface area contributed by atoms with Gasteiger partial charge in [0.2, 0.25) is 0 Å². The molecule has 4 heteroatoms. The average molecular weight is 285 g/mol. The van der Waals surface area contributed by atoms with Crippen molar-refractivity contribution in [1.29, 1.82) is 5.26 Å². The van der Waals surface area contributed by atoms with Crippen molar-refractivity contribution in [2.45, 2.75) is 20.3 Å². The molecule has 0 aliphatic rings. The molecule has 0 saturated heterocycles. The minimum atomic E-state index is 0.686. The highest BCUT2D eigenvalue weighted by Gasteiger charge is 2.06. The SMILES string of the molecule is CCN(CC)CCc1nc(-c2ccc(C#N)cc2)cs1. The molecule has 0 atom stereocenters. The van der Waals surface area contributed by atoms with Gasteiger partial charge in [-0.1, -0.05) is 26.0 Å². The quantitative estimate of drug-likeness (QED) is 0.814. The summed E-state index contributed by atoms with van der Waals surface area (Å²) in [4.78, 5) is 7.09. The largest absolute Gasteiger partial charge is 0.303 e. The second kappa shape index (κ2) is 7.18. The first-order valence-electron chi connectivity index (χ1n) is 6.94. The predicted molar refractivity (Wildman–Crippen MR) is 83.8 cm³/mol. The molecule has 0 spiro atoms. The minimum absolute atomic E-state index is 0.686. The lowest BCUT2D eigenvalue weighted by molar-refractivity contribution is 0.308. The standard InChI is InChI=1S/C16H19N3S/c1-3-19(4-2)10-9-16-18-15(12-20-16)14-7-5-13(11-17)6-8-14/h5-8,12H,3-4,9-10H2,1-2H3. The van der Waals surface area contributed by atoms with Crippen LogP contribution in [0, 0.1) is 11.3 Å². The lowest BCUT2D eigenvalue weighted by atomic mass is 10.1. The third-order valence-electron chi connectivity index (χ3n) is 3.40. The molecule has 2 rings (SSSR count). The third kappa shape index (κ3) is 3.66. The number of hydrogen-bond acceptors (Lipinski definition) is 4. The molecule has 0 N–H and O–H groups in total. The van der Waals surface area contributed by atoms with Crippen molar-refractivity contribution in [1.82, 2.24) is 9.88 Å². The first kappa shape index (κ1) is 14.7. The molecule has 0 unspecified atom stereocenters. The Morgan fingerprint density at radius 2 is 1.90 bits per heavy atom. The first-order chi connectivity index (χ1) is 9.76. The van der Waals surface area contributed by atoms with Crippen LogP contribution < -0.4 is 0 Å². The van der Waals surface area contributed by atoms with Crippen molar-refractivity contribution >= 4 is 11.3 Å². The Balaban J connectivity index is 2.03. The smallest absolute Gasteiger partial charge is 0.0991 e. The van der Waals surface area contributed by atoms with E-state index in [-0.39, 0.29) is 0 Å². The van der Waals surface area contributed by atoms with Crippen molar-refractivity contribution in [2.75, 3.05) is 19.6 Å². The lowest BCUT2D eigenvalue weighted by Crippen LogP contribution is -2.25. The van der Waals surface area contributed by atoms with Crippen molar-refractivity contribution < 1.29 is 0 Å². The molecule has 0 saturated carbocycles. The fraction of sp³-hybridized carbons (Fsp3) is 0.375. The molecule has 0 amide bonds. The van der Waals surface area contributed by atoms with Crippen LogP contribution in [0.3, 0.4) is 0 Å². The van der Waals surface area contributed by atoms with Crippen LogP contribution in [-0.4, -0.2) is 29.5 Å². The Labute approximate surface area is 124 Å². The van der Waals surface area contributed by atoms with Gasteiger partial charge in [-0.25, -0.2) is 4.98 Å². The summed E-state index contributed by atoms with van der Waals surface area (Å²) in [5.41, 5.74) is 2.77. The maximum atomic E-state index is 8.80. The average Bonchev–Trinajstić information content (AvgIpc) is 2.97. The van der Waals surface area contributed by atoms with E-state index >= 15 is 0 Å². The third-order valence-corrected chi connectivity index (χ3v) is 4.31. The molecule has 104 valence electrons. The summed E-state index contributed by atoms with van der Waals surface area (Å²) < 4.78 is 0. The molecule has 20 heavy (non-hydrogen) atoms. The van der Waals surface area contributed by atoms with Crippen LogP contribution in [0.25, 0.3) is 11.3 Å². The van der Waals surface area contributed by atoms with Gasteiger partial charge in [0.15, 0.2) is 0 Å². The number of thiazole rings is 1. The van der Waals surface area contributed by atoms with Gasteiger partial charge in [-0.15, -0.1) is 11.3 Å². The highest BCUT2D eigenvalue weighted by Crippen LogP contribution is 2.22. The van der Waals surface area contributed by atoms with Gasteiger partial charge in [-0.3, -0.25) is 0 Å². The second-order valence-corrected chi connectivity index (χ2v) is 5.54.